The molecule has 1 aromatic heterocycles. The molecular weight excluding hydrogens is 244 g/mol. The summed E-state index contributed by atoms with van der Waals surface area (Å²) in [7, 11) is 1.62. The number of hydrogen-bond donors (Lipinski definition) is 1. The van der Waals surface area contributed by atoms with E-state index in [2.05, 4.69) is 0 Å². The van der Waals surface area contributed by atoms with E-state index in [1.165, 1.54) is 0 Å². The molecule has 0 saturated heterocycles. The number of carboxylic acids is 1. The number of carboxylic acid groups (broad SMARTS) is 1. The van der Waals surface area contributed by atoms with Crippen LogP contribution >= 0.6 is 0 Å². The fourth-order valence-corrected chi connectivity index (χ4v) is 2.05. The molecule has 1 unspecified atom stereocenters. The molecule has 1 aromatic carbocycles. The van der Waals surface area contributed by atoms with Crippen LogP contribution in [-0.2, 0) is 11.2 Å². The Labute approximate surface area is 111 Å². The first-order valence-corrected chi connectivity index (χ1v) is 6.07. The van der Waals surface area contributed by atoms with Gasteiger partial charge in [0.2, 0.25) is 0 Å². The van der Waals surface area contributed by atoms with Crippen molar-refractivity contribution in [1.29, 1.82) is 0 Å². The standard InChI is InChI=1S/C15H16O4/c1-18-13-6-4-11(5-7-13)9-12(10-15(16)17)14-3-2-8-19-14/h2-8,12H,9-10H2,1H3,(H,16,17). The third-order valence-electron chi connectivity index (χ3n) is 3.01. The monoisotopic (exact) mass is 260 g/mol. The molecule has 0 bridgehead atoms. The quantitative estimate of drug-likeness (QED) is 0.867. The highest BCUT2D eigenvalue weighted by Gasteiger charge is 2.18. The number of methoxy groups -OCH3 is 1. The Balaban J connectivity index is 2.12. The summed E-state index contributed by atoms with van der Waals surface area (Å²) in [6, 6.07) is 11.2. The summed E-state index contributed by atoms with van der Waals surface area (Å²) in [6.07, 6.45) is 2.25. The molecule has 0 aliphatic heterocycles. The smallest absolute Gasteiger partial charge is 0.304 e. The molecule has 19 heavy (non-hydrogen) atoms. The lowest BCUT2D eigenvalue weighted by Crippen LogP contribution is -2.08. The second-order valence-corrected chi connectivity index (χ2v) is 4.36. The Morgan fingerprint density at radius 3 is 2.58 bits per heavy atom. The molecule has 2 aromatic rings. The molecule has 0 saturated carbocycles. The van der Waals surface area contributed by atoms with Gasteiger partial charge in [0.15, 0.2) is 0 Å². The minimum atomic E-state index is -0.824. The van der Waals surface area contributed by atoms with Crippen molar-refractivity contribution in [3.63, 3.8) is 0 Å². The Morgan fingerprint density at radius 1 is 1.32 bits per heavy atom. The molecule has 0 spiro atoms. The van der Waals surface area contributed by atoms with Gasteiger partial charge in [-0.15, -0.1) is 0 Å². The lowest BCUT2D eigenvalue weighted by atomic mass is 9.94. The van der Waals surface area contributed by atoms with Crippen molar-refractivity contribution in [1.82, 2.24) is 0 Å². The van der Waals surface area contributed by atoms with Crippen LogP contribution in [0.25, 0.3) is 0 Å². The van der Waals surface area contributed by atoms with Gasteiger partial charge in [-0.3, -0.25) is 4.79 Å². The summed E-state index contributed by atoms with van der Waals surface area (Å²) < 4.78 is 10.4. The fourth-order valence-electron chi connectivity index (χ4n) is 2.05. The molecule has 2 rings (SSSR count). The molecule has 0 aliphatic carbocycles. The van der Waals surface area contributed by atoms with Crippen molar-refractivity contribution in [3.05, 3.63) is 54.0 Å². The van der Waals surface area contributed by atoms with Gasteiger partial charge in [0, 0.05) is 5.92 Å². The average Bonchev–Trinajstić information content (AvgIpc) is 2.92. The second kappa shape index (κ2) is 6.09. The number of benzene rings is 1. The summed E-state index contributed by atoms with van der Waals surface area (Å²) in [5.41, 5.74) is 1.06. The molecule has 0 radical (unpaired) electrons. The Bertz CT molecular complexity index is 514. The average molecular weight is 260 g/mol. The van der Waals surface area contributed by atoms with Crippen LogP contribution in [0.5, 0.6) is 5.75 Å². The van der Waals surface area contributed by atoms with E-state index in [0.29, 0.717) is 12.2 Å². The van der Waals surface area contributed by atoms with Gasteiger partial charge in [-0.1, -0.05) is 12.1 Å². The highest BCUT2D eigenvalue weighted by atomic mass is 16.5. The Morgan fingerprint density at radius 2 is 2.05 bits per heavy atom. The van der Waals surface area contributed by atoms with Crippen molar-refractivity contribution in [2.24, 2.45) is 0 Å². The third-order valence-corrected chi connectivity index (χ3v) is 3.01. The van der Waals surface area contributed by atoms with Gasteiger partial charge in [-0.25, -0.2) is 0 Å². The normalized spacial score (nSPS) is 12.1. The maximum absolute atomic E-state index is 10.9. The first-order chi connectivity index (χ1) is 9.19. The molecular formula is C15H16O4. The summed E-state index contributed by atoms with van der Waals surface area (Å²) in [4.78, 5) is 10.9. The predicted molar refractivity (Wildman–Crippen MR) is 70.4 cm³/mol. The van der Waals surface area contributed by atoms with Gasteiger partial charge >= 0.3 is 5.97 Å². The zero-order valence-electron chi connectivity index (χ0n) is 10.7. The maximum atomic E-state index is 10.9. The van der Waals surface area contributed by atoms with E-state index in [1.807, 2.05) is 30.3 Å². The lowest BCUT2D eigenvalue weighted by Gasteiger charge is -2.12. The SMILES string of the molecule is COc1ccc(CC(CC(=O)O)c2ccco2)cc1. The zero-order chi connectivity index (χ0) is 13.7. The highest BCUT2D eigenvalue weighted by Crippen LogP contribution is 2.25. The number of aliphatic carboxylic acids is 1. The van der Waals surface area contributed by atoms with E-state index in [0.717, 1.165) is 11.3 Å². The zero-order valence-corrected chi connectivity index (χ0v) is 10.7. The van der Waals surface area contributed by atoms with Crippen LogP contribution in [0.3, 0.4) is 0 Å². The van der Waals surface area contributed by atoms with E-state index in [9.17, 15) is 4.79 Å². The molecule has 4 nitrogen and oxygen atoms in total. The van der Waals surface area contributed by atoms with Gasteiger partial charge in [0.1, 0.15) is 11.5 Å². The van der Waals surface area contributed by atoms with Crippen LogP contribution in [-0.4, -0.2) is 18.2 Å². The molecule has 4 heteroatoms. The summed E-state index contributed by atoms with van der Waals surface area (Å²) in [5, 5.41) is 8.98. The van der Waals surface area contributed by atoms with Crippen LogP contribution in [0.1, 0.15) is 23.7 Å². The largest absolute Gasteiger partial charge is 0.497 e. The van der Waals surface area contributed by atoms with Crippen molar-refractivity contribution >= 4 is 5.97 Å². The highest BCUT2D eigenvalue weighted by molar-refractivity contribution is 5.68. The number of hydrogen-bond acceptors (Lipinski definition) is 3. The van der Waals surface area contributed by atoms with Crippen LogP contribution in [0.15, 0.2) is 47.1 Å². The molecule has 0 fully saturated rings. The van der Waals surface area contributed by atoms with Crippen molar-refractivity contribution < 1.29 is 19.1 Å². The van der Waals surface area contributed by atoms with Gasteiger partial charge in [0.05, 0.1) is 19.8 Å². The van der Waals surface area contributed by atoms with E-state index >= 15 is 0 Å². The fraction of sp³-hybridized carbons (Fsp3) is 0.267. The maximum Gasteiger partial charge on any atom is 0.304 e. The van der Waals surface area contributed by atoms with Crippen LogP contribution in [0, 0.1) is 0 Å². The molecule has 0 amide bonds. The first-order valence-electron chi connectivity index (χ1n) is 6.07. The Kier molecular flexibility index (Phi) is 4.23. The van der Waals surface area contributed by atoms with Crippen molar-refractivity contribution in [2.45, 2.75) is 18.8 Å². The van der Waals surface area contributed by atoms with Gasteiger partial charge in [-0.2, -0.15) is 0 Å². The minimum Gasteiger partial charge on any atom is -0.497 e. The number of ether oxygens (including phenoxy) is 1. The molecule has 100 valence electrons. The van der Waals surface area contributed by atoms with E-state index in [4.69, 9.17) is 14.3 Å². The lowest BCUT2D eigenvalue weighted by molar-refractivity contribution is -0.137. The van der Waals surface area contributed by atoms with Crippen molar-refractivity contribution in [2.75, 3.05) is 7.11 Å². The third kappa shape index (κ3) is 3.61. The van der Waals surface area contributed by atoms with E-state index < -0.39 is 5.97 Å². The second-order valence-electron chi connectivity index (χ2n) is 4.36. The van der Waals surface area contributed by atoms with Gasteiger partial charge in [-0.05, 0) is 36.2 Å². The summed E-state index contributed by atoms with van der Waals surface area (Å²) in [5.74, 6) is 0.519. The van der Waals surface area contributed by atoms with Crippen molar-refractivity contribution in [3.8, 4) is 5.75 Å². The first kappa shape index (κ1) is 13.2. The molecule has 1 N–H and O–H groups in total. The summed E-state index contributed by atoms with van der Waals surface area (Å²) >= 11 is 0. The number of rotatable bonds is 6. The molecule has 0 aliphatic rings. The van der Waals surface area contributed by atoms with E-state index in [-0.39, 0.29) is 12.3 Å². The van der Waals surface area contributed by atoms with E-state index in [1.54, 1.807) is 19.4 Å². The van der Waals surface area contributed by atoms with Crippen LogP contribution in [0.4, 0.5) is 0 Å². The topological polar surface area (TPSA) is 59.7 Å². The molecule has 1 atom stereocenters. The van der Waals surface area contributed by atoms with Gasteiger partial charge < -0.3 is 14.3 Å². The van der Waals surface area contributed by atoms with Gasteiger partial charge in [0.25, 0.3) is 0 Å². The predicted octanol–water partition coefficient (Wildman–Crippen LogP) is 3.09. The molecule has 1 heterocycles. The van der Waals surface area contributed by atoms with Crippen LogP contribution < -0.4 is 4.74 Å². The number of carbonyl (C=O) groups is 1. The minimum absolute atomic E-state index is 0.0551. The number of furan rings is 1. The van der Waals surface area contributed by atoms with Crippen LogP contribution in [0.2, 0.25) is 0 Å². The summed E-state index contributed by atoms with van der Waals surface area (Å²) in [6.45, 7) is 0. The Hall–Kier alpha value is -2.23.